The molecule has 0 saturated heterocycles. The van der Waals surface area contributed by atoms with Gasteiger partial charge in [0.05, 0.1) is 11.7 Å². The first-order chi connectivity index (χ1) is 9.22. The highest BCUT2D eigenvalue weighted by Crippen LogP contribution is 2.23. The number of nitrogen functional groups attached to an aromatic ring is 1. The summed E-state index contributed by atoms with van der Waals surface area (Å²) in [5.74, 6) is 0. The summed E-state index contributed by atoms with van der Waals surface area (Å²) in [6.45, 7) is 0.733. The molecule has 3 rings (SSSR count). The fourth-order valence-electron chi connectivity index (χ4n) is 2.08. The van der Waals surface area contributed by atoms with Gasteiger partial charge in [0.15, 0.2) is 0 Å². The zero-order valence-corrected chi connectivity index (χ0v) is 10.7. The van der Waals surface area contributed by atoms with Gasteiger partial charge < -0.3 is 11.1 Å². The quantitative estimate of drug-likeness (QED) is 0.702. The van der Waals surface area contributed by atoms with Gasteiger partial charge in [-0.25, -0.2) is 0 Å². The molecule has 0 aliphatic carbocycles. The van der Waals surface area contributed by atoms with Crippen molar-refractivity contribution in [3.63, 3.8) is 0 Å². The Labute approximate surface area is 111 Å². The van der Waals surface area contributed by atoms with Gasteiger partial charge in [-0.2, -0.15) is 5.10 Å². The molecule has 2 heterocycles. The predicted molar refractivity (Wildman–Crippen MR) is 76.7 cm³/mol. The molecule has 0 amide bonds. The molecule has 0 unspecified atom stereocenters. The van der Waals surface area contributed by atoms with E-state index >= 15 is 0 Å². The highest BCUT2D eigenvalue weighted by atomic mass is 15.2. The molecule has 19 heavy (non-hydrogen) atoms. The van der Waals surface area contributed by atoms with E-state index in [4.69, 9.17) is 5.73 Å². The number of hydrogen-bond donors (Lipinski definition) is 2. The second kappa shape index (κ2) is 4.61. The van der Waals surface area contributed by atoms with E-state index in [1.54, 1.807) is 10.9 Å². The second-order valence-corrected chi connectivity index (χ2v) is 4.51. The van der Waals surface area contributed by atoms with Crippen LogP contribution < -0.4 is 11.1 Å². The van der Waals surface area contributed by atoms with Gasteiger partial charge in [0.2, 0.25) is 0 Å². The van der Waals surface area contributed by atoms with Crippen LogP contribution in [0, 0.1) is 0 Å². The van der Waals surface area contributed by atoms with Crippen molar-refractivity contribution in [1.29, 1.82) is 0 Å². The van der Waals surface area contributed by atoms with Crippen LogP contribution in [0.3, 0.4) is 0 Å². The van der Waals surface area contributed by atoms with Gasteiger partial charge in [-0.1, -0.05) is 0 Å². The monoisotopic (exact) mass is 253 g/mol. The Morgan fingerprint density at radius 1 is 1.32 bits per heavy atom. The van der Waals surface area contributed by atoms with Crippen molar-refractivity contribution in [2.24, 2.45) is 7.05 Å². The summed E-state index contributed by atoms with van der Waals surface area (Å²) in [6.07, 6.45) is 5.64. The highest BCUT2D eigenvalue weighted by molar-refractivity contribution is 5.92. The lowest BCUT2D eigenvalue weighted by molar-refractivity contribution is 0.767. The Balaban J connectivity index is 1.88. The summed E-state index contributed by atoms with van der Waals surface area (Å²) >= 11 is 0. The SMILES string of the molecule is Cn1cc(CNc2ccnc3cc(N)ccc23)cn1. The molecule has 1 aromatic carbocycles. The van der Waals surface area contributed by atoms with Crippen molar-refractivity contribution in [3.05, 3.63) is 48.4 Å². The second-order valence-electron chi connectivity index (χ2n) is 4.51. The number of aromatic nitrogens is 3. The van der Waals surface area contributed by atoms with E-state index in [0.717, 1.165) is 34.4 Å². The third-order valence-corrected chi connectivity index (χ3v) is 3.01. The summed E-state index contributed by atoms with van der Waals surface area (Å²) < 4.78 is 1.79. The summed E-state index contributed by atoms with van der Waals surface area (Å²) in [4.78, 5) is 4.33. The number of fused-ring (bicyclic) bond motifs is 1. The van der Waals surface area contributed by atoms with Gasteiger partial charge in [-0.3, -0.25) is 9.67 Å². The lowest BCUT2D eigenvalue weighted by Gasteiger charge is -2.08. The van der Waals surface area contributed by atoms with Crippen LogP contribution in [0.2, 0.25) is 0 Å². The largest absolute Gasteiger partial charge is 0.399 e. The number of benzene rings is 1. The van der Waals surface area contributed by atoms with Crippen LogP contribution in [-0.4, -0.2) is 14.8 Å². The molecule has 96 valence electrons. The Kier molecular flexibility index (Phi) is 2.79. The molecule has 0 fully saturated rings. The van der Waals surface area contributed by atoms with Crippen LogP contribution in [-0.2, 0) is 13.6 Å². The number of nitrogens with zero attached hydrogens (tertiary/aromatic N) is 3. The van der Waals surface area contributed by atoms with Gasteiger partial charge in [0.25, 0.3) is 0 Å². The topological polar surface area (TPSA) is 68.8 Å². The van der Waals surface area contributed by atoms with Crippen LogP contribution in [0.4, 0.5) is 11.4 Å². The molecule has 0 saturated carbocycles. The molecule has 0 aliphatic heterocycles. The van der Waals surface area contributed by atoms with Crippen molar-refractivity contribution in [1.82, 2.24) is 14.8 Å². The number of aryl methyl sites for hydroxylation is 1. The maximum atomic E-state index is 5.77. The minimum atomic E-state index is 0.726. The van der Waals surface area contributed by atoms with Crippen LogP contribution in [0.25, 0.3) is 10.9 Å². The maximum absolute atomic E-state index is 5.77. The standard InChI is InChI=1S/C14H15N5/c1-19-9-10(8-18-19)7-17-13-4-5-16-14-6-11(15)2-3-12(13)14/h2-6,8-9H,7,15H2,1H3,(H,16,17). The van der Waals surface area contributed by atoms with E-state index in [2.05, 4.69) is 15.4 Å². The molecule has 5 nitrogen and oxygen atoms in total. The first-order valence-electron chi connectivity index (χ1n) is 6.08. The maximum Gasteiger partial charge on any atom is 0.0743 e. The molecule has 0 spiro atoms. The summed E-state index contributed by atoms with van der Waals surface area (Å²) in [7, 11) is 1.91. The Hall–Kier alpha value is -2.56. The number of pyridine rings is 1. The van der Waals surface area contributed by atoms with E-state index in [0.29, 0.717) is 0 Å². The van der Waals surface area contributed by atoms with E-state index in [1.807, 2.05) is 43.7 Å². The van der Waals surface area contributed by atoms with Crippen molar-refractivity contribution in [2.45, 2.75) is 6.54 Å². The molecule has 3 N–H and O–H groups in total. The number of anilines is 2. The van der Waals surface area contributed by atoms with Crippen LogP contribution >= 0.6 is 0 Å². The van der Waals surface area contributed by atoms with Crippen molar-refractivity contribution in [3.8, 4) is 0 Å². The molecule has 0 bridgehead atoms. The third kappa shape index (κ3) is 2.35. The van der Waals surface area contributed by atoms with Gasteiger partial charge in [0.1, 0.15) is 0 Å². The van der Waals surface area contributed by atoms with Crippen molar-refractivity contribution >= 4 is 22.3 Å². The van der Waals surface area contributed by atoms with E-state index in [9.17, 15) is 0 Å². The molecule has 3 aromatic rings. The lowest BCUT2D eigenvalue weighted by atomic mass is 10.1. The molecule has 5 heteroatoms. The average molecular weight is 253 g/mol. The molecule has 0 aliphatic rings. The van der Waals surface area contributed by atoms with Gasteiger partial charge >= 0.3 is 0 Å². The van der Waals surface area contributed by atoms with Crippen LogP contribution in [0.15, 0.2) is 42.9 Å². The normalized spacial score (nSPS) is 10.8. The highest BCUT2D eigenvalue weighted by Gasteiger charge is 2.03. The first-order valence-corrected chi connectivity index (χ1v) is 6.08. The molecule has 0 radical (unpaired) electrons. The summed E-state index contributed by atoms with van der Waals surface area (Å²) in [6, 6.07) is 7.72. The minimum Gasteiger partial charge on any atom is -0.399 e. The van der Waals surface area contributed by atoms with Crippen molar-refractivity contribution in [2.75, 3.05) is 11.1 Å². The molecule has 0 atom stereocenters. The number of nitrogens with one attached hydrogen (secondary N) is 1. The van der Waals surface area contributed by atoms with Gasteiger partial charge in [-0.05, 0) is 24.3 Å². The zero-order valence-electron chi connectivity index (χ0n) is 10.7. The molecular weight excluding hydrogens is 238 g/mol. The zero-order chi connectivity index (χ0) is 13.2. The smallest absolute Gasteiger partial charge is 0.0743 e. The fraction of sp³-hybridized carbons (Fsp3) is 0.143. The predicted octanol–water partition coefficient (Wildman–Crippen LogP) is 2.16. The van der Waals surface area contributed by atoms with Crippen LogP contribution in [0.1, 0.15) is 5.56 Å². The number of rotatable bonds is 3. The van der Waals surface area contributed by atoms with E-state index in [1.165, 1.54) is 0 Å². The lowest BCUT2D eigenvalue weighted by Crippen LogP contribution is -1.99. The average Bonchev–Trinajstić information content (AvgIpc) is 2.81. The Bertz CT molecular complexity index is 717. The van der Waals surface area contributed by atoms with E-state index < -0.39 is 0 Å². The first kappa shape index (κ1) is 11.5. The Morgan fingerprint density at radius 3 is 3.00 bits per heavy atom. The van der Waals surface area contributed by atoms with E-state index in [-0.39, 0.29) is 0 Å². The Morgan fingerprint density at radius 2 is 2.21 bits per heavy atom. The van der Waals surface area contributed by atoms with Crippen LogP contribution in [0.5, 0.6) is 0 Å². The number of nitrogens with two attached hydrogens (primary N) is 1. The van der Waals surface area contributed by atoms with Crippen molar-refractivity contribution < 1.29 is 0 Å². The fourth-order valence-corrected chi connectivity index (χ4v) is 2.08. The van der Waals surface area contributed by atoms with Gasteiger partial charge in [0, 0.05) is 48.3 Å². The summed E-state index contributed by atoms with van der Waals surface area (Å²) in [5, 5.41) is 8.62. The molecular formula is C14H15N5. The summed E-state index contributed by atoms with van der Waals surface area (Å²) in [5.41, 5.74) is 9.59. The number of hydrogen-bond acceptors (Lipinski definition) is 4. The third-order valence-electron chi connectivity index (χ3n) is 3.01. The molecule has 2 aromatic heterocycles. The minimum absolute atomic E-state index is 0.726. The van der Waals surface area contributed by atoms with Gasteiger partial charge in [-0.15, -0.1) is 0 Å².